The van der Waals surface area contributed by atoms with Gasteiger partial charge in [0.1, 0.15) is 0 Å². The molecule has 76 valence electrons. The van der Waals surface area contributed by atoms with E-state index in [1.807, 2.05) is 11.8 Å². The Morgan fingerprint density at radius 2 is 2.57 bits per heavy atom. The predicted octanol–water partition coefficient (Wildman–Crippen LogP) is 1.40. The van der Waals surface area contributed by atoms with Crippen molar-refractivity contribution in [1.82, 2.24) is 9.97 Å². The number of ether oxygens (including phenoxy) is 1. The summed E-state index contributed by atoms with van der Waals surface area (Å²) in [5.41, 5.74) is 0. The molecule has 1 aromatic heterocycles. The second kappa shape index (κ2) is 4.50. The summed E-state index contributed by atoms with van der Waals surface area (Å²) in [6.45, 7) is 0. The standard InChI is InChI=1S/C9H13N3OS/c1-13-8-2-4-10-9(12-8)11-7-3-5-14-6-7/h2,4,7H,3,5-6H2,1H3,(H,10,11,12). The van der Waals surface area contributed by atoms with Crippen LogP contribution >= 0.6 is 11.8 Å². The summed E-state index contributed by atoms with van der Waals surface area (Å²) in [5, 5.41) is 3.29. The molecular formula is C9H13N3OS. The van der Waals surface area contributed by atoms with E-state index >= 15 is 0 Å². The first-order valence-electron chi connectivity index (χ1n) is 4.60. The highest BCUT2D eigenvalue weighted by Gasteiger charge is 2.15. The Bertz CT molecular complexity index is 302. The highest BCUT2D eigenvalue weighted by atomic mass is 32.2. The number of nitrogens with one attached hydrogen (secondary N) is 1. The predicted molar refractivity (Wildman–Crippen MR) is 57.9 cm³/mol. The van der Waals surface area contributed by atoms with Gasteiger partial charge in [-0.2, -0.15) is 16.7 Å². The normalized spacial score (nSPS) is 20.8. The molecule has 1 aromatic rings. The summed E-state index contributed by atoms with van der Waals surface area (Å²) in [4.78, 5) is 8.34. The van der Waals surface area contributed by atoms with Gasteiger partial charge in [0.05, 0.1) is 7.11 Å². The number of anilines is 1. The van der Waals surface area contributed by atoms with E-state index in [4.69, 9.17) is 4.74 Å². The van der Waals surface area contributed by atoms with E-state index in [1.165, 1.54) is 12.2 Å². The molecule has 0 amide bonds. The van der Waals surface area contributed by atoms with Crippen LogP contribution in [0.25, 0.3) is 0 Å². The van der Waals surface area contributed by atoms with Gasteiger partial charge in [-0.15, -0.1) is 0 Å². The minimum absolute atomic E-state index is 0.507. The van der Waals surface area contributed by atoms with Crippen LogP contribution in [0.5, 0.6) is 5.88 Å². The zero-order valence-electron chi connectivity index (χ0n) is 8.06. The van der Waals surface area contributed by atoms with E-state index < -0.39 is 0 Å². The SMILES string of the molecule is COc1ccnc(NC2CCSC2)n1. The molecule has 1 fully saturated rings. The van der Waals surface area contributed by atoms with Crippen molar-refractivity contribution in [2.24, 2.45) is 0 Å². The van der Waals surface area contributed by atoms with Crippen LogP contribution in [-0.4, -0.2) is 34.6 Å². The molecule has 1 atom stereocenters. The first-order chi connectivity index (χ1) is 6.88. The van der Waals surface area contributed by atoms with Crippen molar-refractivity contribution in [3.05, 3.63) is 12.3 Å². The lowest BCUT2D eigenvalue weighted by atomic mass is 10.3. The zero-order chi connectivity index (χ0) is 9.80. The van der Waals surface area contributed by atoms with Crippen LogP contribution in [-0.2, 0) is 0 Å². The van der Waals surface area contributed by atoms with Gasteiger partial charge in [-0.3, -0.25) is 0 Å². The van der Waals surface area contributed by atoms with E-state index in [9.17, 15) is 0 Å². The lowest BCUT2D eigenvalue weighted by molar-refractivity contribution is 0.397. The fourth-order valence-electron chi connectivity index (χ4n) is 1.36. The zero-order valence-corrected chi connectivity index (χ0v) is 8.88. The van der Waals surface area contributed by atoms with E-state index in [1.54, 1.807) is 19.4 Å². The van der Waals surface area contributed by atoms with Crippen LogP contribution in [0.3, 0.4) is 0 Å². The van der Waals surface area contributed by atoms with Crippen molar-refractivity contribution in [2.45, 2.75) is 12.5 Å². The van der Waals surface area contributed by atoms with Gasteiger partial charge in [0, 0.05) is 24.1 Å². The molecule has 2 heterocycles. The maximum atomic E-state index is 5.02. The van der Waals surface area contributed by atoms with Gasteiger partial charge in [0.25, 0.3) is 0 Å². The second-order valence-corrected chi connectivity index (χ2v) is 4.28. The highest BCUT2D eigenvalue weighted by molar-refractivity contribution is 7.99. The molecule has 0 aromatic carbocycles. The van der Waals surface area contributed by atoms with Gasteiger partial charge in [-0.25, -0.2) is 4.98 Å². The Kier molecular flexibility index (Phi) is 3.08. The molecule has 2 rings (SSSR count). The monoisotopic (exact) mass is 211 g/mol. The lowest BCUT2D eigenvalue weighted by Gasteiger charge is -2.10. The fraction of sp³-hybridized carbons (Fsp3) is 0.556. The van der Waals surface area contributed by atoms with E-state index in [2.05, 4.69) is 15.3 Å². The van der Waals surface area contributed by atoms with Crippen molar-refractivity contribution in [2.75, 3.05) is 23.9 Å². The number of nitrogens with zero attached hydrogens (tertiary/aromatic N) is 2. The van der Waals surface area contributed by atoms with Gasteiger partial charge < -0.3 is 10.1 Å². The van der Waals surface area contributed by atoms with Gasteiger partial charge >= 0.3 is 0 Å². The molecule has 0 bridgehead atoms. The molecule has 0 saturated carbocycles. The molecule has 0 radical (unpaired) electrons. The number of rotatable bonds is 3. The quantitative estimate of drug-likeness (QED) is 0.819. The minimum atomic E-state index is 0.507. The van der Waals surface area contributed by atoms with Crippen LogP contribution in [0, 0.1) is 0 Å². The van der Waals surface area contributed by atoms with Crippen molar-refractivity contribution >= 4 is 17.7 Å². The third kappa shape index (κ3) is 2.29. The average Bonchev–Trinajstić information content (AvgIpc) is 2.71. The molecular weight excluding hydrogens is 198 g/mol. The molecule has 0 aliphatic carbocycles. The molecule has 1 unspecified atom stereocenters. The first-order valence-corrected chi connectivity index (χ1v) is 5.75. The third-order valence-electron chi connectivity index (χ3n) is 2.10. The largest absolute Gasteiger partial charge is 0.481 e. The minimum Gasteiger partial charge on any atom is -0.481 e. The Hall–Kier alpha value is -0.970. The van der Waals surface area contributed by atoms with E-state index in [0.717, 1.165) is 5.75 Å². The third-order valence-corrected chi connectivity index (χ3v) is 3.26. The van der Waals surface area contributed by atoms with Crippen LogP contribution in [0.15, 0.2) is 12.3 Å². The summed E-state index contributed by atoms with van der Waals surface area (Å²) < 4.78 is 5.02. The van der Waals surface area contributed by atoms with Crippen LogP contribution in [0.4, 0.5) is 5.95 Å². The number of hydrogen-bond acceptors (Lipinski definition) is 5. The highest BCUT2D eigenvalue weighted by Crippen LogP contribution is 2.20. The lowest BCUT2D eigenvalue weighted by Crippen LogP contribution is -2.19. The smallest absolute Gasteiger partial charge is 0.226 e. The summed E-state index contributed by atoms with van der Waals surface area (Å²) in [6, 6.07) is 2.25. The van der Waals surface area contributed by atoms with Crippen LogP contribution < -0.4 is 10.1 Å². The Morgan fingerprint density at radius 3 is 3.29 bits per heavy atom. The van der Waals surface area contributed by atoms with Crippen molar-refractivity contribution in [3.8, 4) is 5.88 Å². The maximum Gasteiger partial charge on any atom is 0.226 e. The summed E-state index contributed by atoms with van der Waals surface area (Å²) in [7, 11) is 1.61. The molecule has 1 aliphatic rings. The fourth-order valence-corrected chi connectivity index (χ4v) is 2.51. The molecule has 1 N–H and O–H groups in total. The van der Waals surface area contributed by atoms with Crippen molar-refractivity contribution in [1.29, 1.82) is 0 Å². The Morgan fingerprint density at radius 1 is 1.64 bits per heavy atom. The number of aromatic nitrogens is 2. The topological polar surface area (TPSA) is 47.0 Å². The summed E-state index contributed by atoms with van der Waals surface area (Å²) in [5.74, 6) is 3.63. The second-order valence-electron chi connectivity index (χ2n) is 3.13. The first kappa shape index (κ1) is 9.58. The van der Waals surface area contributed by atoms with Gasteiger partial charge in [-0.05, 0) is 12.2 Å². The van der Waals surface area contributed by atoms with Crippen LogP contribution in [0.1, 0.15) is 6.42 Å². The number of hydrogen-bond donors (Lipinski definition) is 1. The average molecular weight is 211 g/mol. The van der Waals surface area contributed by atoms with Crippen molar-refractivity contribution < 1.29 is 4.74 Å². The molecule has 0 spiro atoms. The summed E-state index contributed by atoms with van der Waals surface area (Å²) >= 11 is 1.96. The van der Waals surface area contributed by atoms with Crippen molar-refractivity contribution in [3.63, 3.8) is 0 Å². The molecule has 14 heavy (non-hydrogen) atoms. The van der Waals surface area contributed by atoms with E-state index in [0.29, 0.717) is 17.9 Å². The van der Waals surface area contributed by atoms with Crippen LogP contribution in [0.2, 0.25) is 0 Å². The Labute approximate surface area is 87.5 Å². The van der Waals surface area contributed by atoms with Gasteiger partial charge in [0.2, 0.25) is 11.8 Å². The maximum absolute atomic E-state index is 5.02. The Balaban J connectivity index is 2.00. The van der Waals surface area contributed by atoms with Gasteiger partial charge in [-0.1, -0.05) is 0 Å². The van der Waals surface area contributed by atoms with E-state index in [-0.39, 0.29) is 0 Å². The number of thioether (sulfide) groups is 1. The number of methoxy groups -OCH3 is 1. The molecule has 4 nitrogen and oxygen atoms in total. The molecule has 5 heteroatoms. The van der Waals surface area contributed by atoms with Gasteiger partial charge in [0.15, 0.2) is 0 Å². The molecule has 1 aliphatic heterocycles. The molecule has 1 saturated heterocycles. The summed E-state index contributed by atoms with van der Waals surface area (Å²) in [6.07, 6.45) is 2.89.